The number of sulfonamides is 1. The van der Waals surface area contributed by atoms with Crippen molar-refractivity contribution in [2.24, 2.45) is 5.14 Å². The van der Waals surface area contributed by atoms with Gasteiger partial charge in [-0.1, -0.05) is 24.3 Å². The lowest BCUT2D eigenvalue weighted by atomic mass is 10.2. The zero-order valence-corrected chi connectivity index (χ0v) is 14.4. The normalized spacial score (nSPS) is 15.7. The fraction of sp³-hybridized carbons (Fsp3) is 0.235. The predicted octanol–water partition coefficient (Wildman–Crippen LogP) is 1.54. The Hall–Kier alpha value is -2.58. The van der Waals surface area contributed by atoms with Crippen molar-refractivity contribution in [1.82, 2.24) is 9.97 Å². The maximum absolute atomic E-state index is 11.8. The van der Waals surface area contributed by atoms with Gasteiger partial charge < -0.3 is 14.8 Å². The van der Waals surface area contributed by atoms with Crippen LogP contribution >= 0.6 is 0 Å². The minimum atomic E-state index is -3.74. The summed E-state index contributed by atoms with van der Waals surface area (Å²) in [6.07, 6.45) is 0. The molecule has 2 aromatic carbocycles. The summed E-state index contributed by atoms with van der Waals surface area (Å²) in [5.74, 6) is 0.848. The number of fused-ring (bicyclic) bond motifs is 1. The minimum Gasteiger partial charge on any atom is -0.367 e. The number of nitrogens with one attached hydrogen (secondary N) is 1. The van der Waals surface area contributed by atoms with E-state index in [4.69, 9.17) is 5.14 Å². The van der Waals surface area contributed by atoms with Crippen molar-refractivity contribution in [3.05, 3.63) is 48.5 Å². The van der Waals surface area contributed by atoms with E-state index in [1.165, 1.54) is 0 Å². The van der Waals surface area contributed by atoms with E-state index in [2.05, 4.69) is 19.8 Å². The molecule has 25 heavy (non-hydrogen) atoms. The van der Waals surface area contributed by atoms with Crippen LogP contribution in [0.15, 0.2) is 53.4 Å². The molecular weight excluding hydrogens is 338 g/mol. The van der Waals surface area contributed by atoms with Gasteiger partial charge in [0.25, 0.3) is 0 Å². The molecule has 1 aromatic heterocycles. The molecule has 0 spiro atoms. The number of primary sulfonamides is 1. The Morgan fingerprint density at radius 1 is 0.920 bits per heavy atom. The van der Waals surface area contributed by atoms with Gasteiger partial charge >= 0.3 is 0 Å². The third kappa shape index (κ3) is 3.06. The number of anilines is 2. The number of benzene rings is 2. The van der Waals surface area contributed by atoms with Crippen molar-refractivity contribution in [2.45, 2.75) is 4.90 Å². The number of imidazole rings is 1. The Morgan fingerprint density at radius 2 is 1.56 bits per heavy atom. The molecule has 3 aromatic rings. The fourth-order valence-electron chi connectivity index (χ4n) is 3.21. The molecule has 0 amide bonds. The first-order chi connectivity index (χ1) is 12.0. The van der Waals surface area contributed by atoms with E-state index in [0.29, 0.717) is 18.8 Å². The highest BCUT2D eigenvalue weighted by atomic mass is 32.2. The first-order valence-electron chi connectivity index (χ1n) is 8.09. The summed E-state index contributed by atoms with van der Waals surface area (Å²) in [6, 6.07) is 14.8. The third-order valence-corrected chi connectivity index (χ3v) is 5.43. The van der Waals surface area contributed by atoms with Gasteiger partial charge in [-0.2, -0.15) is 0 Å². The first kappa shape index (κ1) is 15.9. The van der Waals surface area contributed by atoms with Crippen molar-refractivity contribution < 1.29 is 8.42 Å². The van der Waals surface area contributed by atoms with Crippen molar-refractivity contribution >= 4 is 32.7 Å². The molecule has 2 heterocycles. The van der Waals surface area contributed by atoms with E-state index in [1.54, 1.807) is 18.2 Å². The van der Waals surface area contributed by atoms with E-state index in [-0.39, 0.29) is 4.90 Å². The maximum Gasteiger partial charge on any atom is 0.240 e. The maximum atomic E-state index is 11.8. The summed E-state index contributed by atoms with van der Waals surface area (Å²) in [5, 5.41) is 5.35. The van der Waals surface area contributed by atoms with Crippen molar-refractivity contribution in [2.75, 3.05) is 36.0 Å². The summed E-state index contributed by atoms with van der Waals surface area (Å²) < 4.78 is 23.6. The topological polar surface area (TPSA) is 95.3 Å². The monoisotopic (exact) mass is 357 g/mol. The minimum absolute atomic E-state index is 0.173. The summed E-state index contributed by atoms with van der Waals surface area (Å²) in [7, 11) is -3.74. The van der Waals surface area contributed by atoms with Gasteiger partial charge in [-0.05, 0) is 24.3 Å². The SMILES string of the molecule is NS(=O)(=O)c1ccccc1N1CCN(c2nc3ccccc3[nH]2)CC1. The second-order valence-electron chi connectivity index (χ2n) is 6.06. The smallest absolute Gasteiger partial charge is 0.240 e. The molecule has 0 bridgehead atoms. The summed E-state index contributed by atoms with van der Waals surface area (Å²) in [6.45, 7) is 2.89. The third-order valence-electron chi connectivity index (χ3n) is 4.47. The molecule has 0 unspecified atom stereocenters. The highest BCUT2D eigenvalue weighted by Gasteiger charge is 2.23. The second kappa shape index (κ2) is 6.05. The van der Waals surface area contributed by atoms with Gasteiger partial charge in [0.2, 0.25) is 16.0 Å². The van der Waals surface area contributed by atoms with E-state index < -0.39 is 10.0 Å². The standard InChI is InChI=1S/C17H19N5O2S/c18-25(23,24)16-8-4-3-7-15(16)21-9-11-22(12-10-21)17-19-13-5-1-2-6-14(13)20-17/h1-8H,9-12H2,(H,19,20)(H2,18,23,24). The molecule has 1 saturated heterocycles. The van der Waals surface area contributed by atoms with Gasteiger partial charge in [-0.15, -0.1) is 0 Å². The molecule has 1 aliphatic heterocycles. The number of nitrogens with two attached hydrogens (primary N) is 1. The number of para-hydroxylation sites is 3. The van der Waals surface area contributed by atoms with Crippen LogP contribution in [-0.2, 0) is 10.0 Å². The molecule has 1 fully saturated rings. The molecule has 0 aliphatic carbocycles. The lowest BCUT2D eigenvalue weighted by molar-refractivity contribution is 0.595. The van der Waals surface area contributed by atoms with Crippen LogP contribution in [0.4, 0.5) is 11.6 Å². The van der Waals surface area contributed by atoms with Crippen LogP contribution < -0.4 is 14.9 Å². The van der Waals surface area contributed by atoms with E-state index in [1.807, 2.05) is 30.3 Å². The van der Waals surface area contributed by atoms with Crippen molar-refractivity contribution in [3.8, 4) is 0 Å². The Balaban J connectivity index is 1.54. The summed E-state index contributed by atoms with van der Waals surface area (Å²) >= 11 is 0. The lowest BCUT2D eigenvalue weighted by Gasteiger charge is -2.36. The molecule has 7 nitrogen and oxygen atoms in total. The summed E-state index contributed by atoms with van der Waals surface area (Å²) in [4.78, 5) is 12.4. The van der Waals surface area contributed by atoms with Crippen LogP contribution in [-0.4, -0.2) is 44.6 Å². The van der Waals surface area contributed by atoms with Crippen molar-refractivity contribution in [1.29, 1.82) is 0 Å². The number of nitrogens with zero attached hydrogens (tertiary/aromatic N) is 3. The number of aromatic nitrogens is 2. The van der Waals surface area contributed by atoms with E-state index in [9.17, 15) is 8.42 Å². The number of H-pyrrole nitrogens is 1. The van der Waals surface area contributed by atoms with Gasteiger partial charge in [0.1, 0.15) is 4.90 Å². The number of hydrogen-bond donors (Lipinski definition) is 2. The van der Waals surface area contributed by atoms with Crippen LogP contribution in [0.1, 0.15) is 0 Å². The molecule has 130 valence electrons. The van der Waals surface area contributed by atoms with Gasteiger partial charge in [-0.25, -0.2) is 18.5 Å². The zero-order valence-electron chi connectivity index (χ0n) is 13.6. The summed E-state index contributed by atoms with van der Waals surface area (Å²) in [5.41, 5.74) is 2.62. The quantitative estimate of drug-likeness (QED) is 0.741. The average Bonchev–Trinajstić information content (AvgIpc) is 3.05. The molecule has 0 atom stereocenters. The van der Waals surface area contributed by atoms with Crippen molar-refractivity contribution in [3.63, 3.8) is 0 Å². The van der Waals surface area contributed by atoms with E-state index in [0.717, 1.165) is 30.1 Å². The largest absolute Gasteiger partial charge is 0.367 e. The number of hydrogen-bond acceptors (Lipinski definition) is 5. The van der Waals surface area contributed by atoms with Crippen LogP contribution in [0.2, 0.25) is 0 Å². The Morgan fingerprint density at radius 3 is 2.28 bits per heavy atom. The highest BCUT2D eigenvalue weighted by molar-refractivity contribution is 7.89. The van der Waals surface area contributed by atoms with Gasteiger partial charge in [-0.3, -0.25) is 0 Å². The number of aromatic amines is 1. The highest BCUT2D eigenvalue weighted by Crippen LogP contribution is 2.26. The first-order valence-corrected chi connectivity index (χ1v) is 9.63. The van der Waals surface area contributed by atoms with Gasteiger partial charge in [0.05, 0.1) is 16.7 Å². The van der Waals surface area contributed by atoms with Crippen LogP contribution in [0, 0.1) is 0 Å². The molecule has 4 rings (SSSR count). The van der Waals surface area contributed by atoms with E-state index >= 15 is 0 Å². The Kier molecular flexibility index (Phi) is 3.85. The van der Waals surface area contributed by atoms with Crippen LogP contribution in [0.25, 0.3) is 11.0 Å². The number of piperazine rings is 1. The fourth-order valence-corrected chi connectivity index (χ4v) is 3.96. The molecule has 0 radical (unpaired) electrons. The molecule has 3 N–H and O–H groups in total. The lowest BCUT2D eigenvalue weighted by Crippen LogP contribution is -2.47. The predicted molar refractivity (Wildman–Crippen MR) is 98.3 cm³/mol. The molecular formula is C17H19N5O2S. The zero-order chi connectivity index (χ0) is 17.4. The molecule has 1 aliphatic rings. The van der Waals surface area contributed by atoms with Crippen LogP contribution in [0.3, 0.4) is 0 Å². The van der Waals surface area contributed by atoms with Gasteiger partial charge in [0, 0.05) is 26.2 Å². The Labute approximate surface area is 146 Å². The molecule has 8 heteroatoms. The average molecular weight is 357 g/mol. The van der Waals surface area contributed by atoms with Crippen LogP contribution in [0.5, 0.6) is 0 Å². The number of rotatable bonds is 3. The Bertz CT molecular complexity index is 974. The van der Waals surface area contributed by atoms with Gasteiger partial charge in [0.15, 0.2) is 0 Å². The molecule has 0 saturated carbocycles. The second-order valence-corrected chi connectivity index (χ2v) is 7.59.